The Morgan fingerprint density at radius 3 is 2.29 bits per heavy atom. The maximum atomic E-state index is 12.3. The summed E-state index contributed by atoms with van der Waals surface area (Å²) in [6.07, 6.45) is 3.19. The number of nitrogens with zero attached hydrogens (tertiary/aromatic N) is 3. The summed E-state index contributed by atoms with van der Waals surface area (Å²) in [5, 5.41) is 7.17. The second-order valence-corrected chi connectivity index (χ2v) is 6.82. The van der Waals surface area contributed by atoms with Gasteiger partial charge >= 0.3 is 0 Å². The van der Waals surface area contributed by atoms with Gasteiger partial charge in [-0.15, -0.1) is 22.7 Å². The average Bonchev–Trinajstić information content (AvgIpc) is 3.15. The van der Waals surface area contributed by atoms with Gasteiger partial charge in [0, 0.05) is 36.7 Å². The second-order valence-electron chi connectivity index (χ2n) is 5.03. The third-order valence-electron chi connectivity index (χ3n) is 3.14. The van der Waals surface area contributed by atoms with E-state index in [2.05, 4.69) is 15.3 Å². The Morgan fingerprint density at radius 1 is 1.19 bits per heavy atom. The molecule has 2 aromatic rings. The van der Waals surface area contributed by atoms with Gasteiger partial charge in [0.05, 0.1) is 5.54 Å². The third kappa shape index (κ3) is 3.64. The van der Waals surface area contributed by atoms with Crippen molar-refractivity contribution in [3.05, 3.63) is 33.2 Å². The molecule has 0 bridgehead atoms. The van der Waals surface area contributed by atoms with Gasteiger partial charge < -0.3 is 10.2 Å². The lowest BCUT2D eigenvalue weighted by Crippen LogP contribution is -2.52. The van der Waals surface area contributed by atoms with Crippen LogP contribution in [0, 0.1) is 0 Å². The highest BCUT2D eigenvalue weighted by molar-refractivity contribution is 7.11. The molecule has 8 heteroatoms. The van der Waals surface area contributed by atoms with Gasteiger partial charge in [0.2, 0.25) is 0 Å². The van der Waals surface area contributed by atoms with E-state index in [-0.39, 0.29) is 11.8 Å². The zero-order chi connectivity index (χ0) is 15.5. The molecule has 112 valence electrons. The van der Waals surface area contributed by atoms with Crippen molar-refractivity contribution in [3.63, 3.8) is 0 Å². The van der Waals surface area contributed by atoms with E-state index in [0.717, 1.165) is 0 Å². The summed E-state index contributed by atoms with van der Waals surface area (Å²) in [4.78, 5) is 33.7. The molecule has 0 spiro atoms. The van der Waals surface area contributed by atoms with E-state index in [1.54, 1.807) is 35.1 Å². The normalized spacial score (nSPS) is 11.2. The molecule has 21 heavy (non-hydrogen) atoms. The van der Waals surface area contributed by atoms with Crippen LogP contribution >= 0.6 is 22.7 Å². The number of carbonyl (C=O) groups excluding carboxylic acids is 2. The number of amides is 2. The molecular weight excluding hydrogens is 308 g/mol. The summed E-state index contributed by atoms with van der Waals surface area (Å²) in [6.45, 7) is 4.11. The number of carbonyl (C=O) groups is 2. The van der Waals surface area contributed by atoms with Gasteiger partial charge in [0.25, 0.3) is 11.8 Å². The van der Waals surface area contributed by atoms with Crippen molar-refractivity contribution in [1.29, 1.82) is 0 Å². The lowest BCUT2D eigenvalue weighted by molar-refractivity contribution is 0.0612. The molecule has 2 rings (SSSR count). The summed E-state index contributed by atoms with van der Waals surface area (Å²) < 4.78 is 0. The van der Waals surface area contributed by atoms with Crippen molar-refractivity contribution in [2.45, 2.75) is 19.4 Å². The van der Waals surface area contributed by atoms with Gasteiger partial charge in [-0.25, -0.2) is 9.97 Å². The second kappa shape index (κ2) is 6.31. The Labute approximate surface area is 130 Å². The Bertz CT molecular complexity index is 608. The molecule has 0 atom stereocenters. The van der Waals surface area contributed by atoms with Crippen molar-refractivity contribution in [3.8, 4) is 0 Å². The molecule has 6 nitrogen and oxygen atoms in total. The Kier molecular flexibility index (Phi) is 4.69. The van der Waals surface area contributed by atoms with Gasteiger partial charge in [-0.2, -0.15) is 0 Å². The van der Waals surface area contributed by atoms with Crippen LogP contribution < -0.4 is 5.32 Å². The summed E-state index contributed by atoms with van der Waals surface area (Å²) in [7, 11) is 1.71. The van der Waals surface area contributed by atoms with Crippen molar-refractivity contribution >= 4 is 34.5 Å². The van der Waals surface area contributed by atoms with Gasteiger partial charge in [0.1, 0.15) is 0 Å². The minimum atomic E-state index is -0.532. The highest BCUT2D eigenvalue weighted by Crippen LogP contribution is 2.17. The van der Waals surface area contributed by atoms with E-state index >= 15 is 0 Å². The molecule has 1 N–H and O–H groups in total. The fraction of sp³-hybridized carbons (Fsp3) is 0.385. The predicted molar refractivity (Wildman–Crippen MR) is 82.7 cm³/mol. The van der Waals surface area contributed by atoms with Gasteiger partial charge in [-0.3, -0.25) is 9.59 Å². The van der Waals surface area contributed by atoms with E-state index in [1.165, 1.54) is 22.7 Å². The summed E-state index contributed by atoms with van der Waals surface area (Å²) in [5.41, 5.74) is -0.532. The first kappa shape index (κ1) is 15.6. The van der Waals surface area contributed by atoms with Crippen molar-refractivity contribution in [2.24, 2.45) is 0 Å². The fourth-order valence-electron chi connectivity index (χ4n) is 1.57. The molecule has 2 heterocycles. The van der Waals surface area contributed by atoms with Crippen LogP contribution in [0.2, 0.25) is 0 Å². The van der Waals surface area contributed by atoms with E-state index in [0.29, 0.717) is 16.6 Å². The molecule has 0 saturated heterocycles. The molecule has 0 aromatic carbocycles. The number of aromatic nitrogens is 2. The molecule has 0 unspecified atom stereocenters. The first-order chi connectivity index (χ1) is 9.92. The lowest BCUT2D eigenvalue weighted by Gasteiger charge is -2.35. The number of thiazole rings is 2. The first-order valence-electron chi connectivity index (χ1n) is 6.27. The van der Waals surface area contributed by atoms with Crippen LogP contribution in [0.3, 0.4) is 0 Å². The Hall–Kier alpha value is -1.80. The molecule has 0 aliphatic heterocycles. The largest absolute Gasteiger partial charge is 0.348 e. The van der Waals surface area contributed by atoms with Crippen LogP contribution in [-0.2, 0) is 0 Å². The van der Waals surface area contributed by atoms with Crippen LogP contribution in [0.5, 0.6) is 0 Å². The van der Waals surface area contributed by atoms with Gasteiger partial charge in [-0.1, -0.05) is 0 Å². The van der Waals surface area contributed by atoms with Crippen LogP contribution in [0.4, 0.5) is 0 Å². The molecule has 0 aliphatic rings. The zero-order valence-electron chi connectivity index (χ0n) is 12.0. The first-order valence-corrected chi connectivity index (χ1v) is 8.03. The van der Waals surface area contributed by atoms with E-state index in [1.807, 2.05) is 13.8 Å². The molecule has 0 saturated carbocycles. The molecule has 2 amide bonds. The maximum absolute atomic E-state index is 12.3. The number of rotatable bonds is 5. The highest BCUT2D eigenvalue weighted by Gasteiger charge is 2.30. The molecule has 0 radical (unpaired) electrons. The van der Waals surface area contributed by atoms with E-state index < -0.39 is 5.54 Å². The fourth-order valence-corrected chi connectivity index (χ4v) is 2.74. The lowest BCUT2D eigenvalue weighted by atomic mass is 10.0. The van der Waals surface area contributed by atoms with E-state index in [9.17, 15) is 9.59 Å². The number of hydrogen-bond donors (Lipinski definition) is 1. The molecule has 0 aliphatic carbocycles. The number of hydrogen-bond acceptors (Lipinski definition) is 6. The van der Waals surface area contributed by atoms with E-state index in [4.69, 9.17) is 0 Å². The van der Waals surface area contributed by atoms with Gasteiger partial charge in [0.15, 0.2) is 10.0 Å². The standard InChI is InChI=1S/C13H16N4O2S2/c1-13(2,8-16-9(18)10-14-4-6-20-10)17(3)12(19)11-15-5-7-21-11/h4-7H,8H2,1-3H3,(H,16,18). The Balaban J connectivity index is 1.97. The van der Waals surface area contributed by atoms with Crippen LogP contribution in [0.25, 0.3) is 0 Å². The summed E-state index contributed by atoms with van der Waals surface area (Å²) >= 11 is 2.58. The summed E-state index contributed by atoms with van der Waals surface area (Å²) in [6, 6.07) is 0. The third-order valence-corrected chi connectivity index (χ3v) is 4.67. The summed E-state index contributed by atoms with van der Waals surface area (Å²) in [5.74, 6) is -0.383. The highest BCUT2D eigenvalue weighted by atomic mass is 32.1. The quantitative estimate of drug-likeness (QED) is 0.911. The van der Waals surface area contributed by atoms with Crippen LogP contribution in [-0.4, -0.2) is 45.8 Å². The molecule has 0 fully saturated rings. The minimum absolute atomic E-state index is 0.154. The van der Waals surface area contributed by atoms with Crippen molar-refractivity contribution < 1.29 is 9.59 Å². The van der Waals surface area contributed by atoms with Crippen LogP contribution in [0.1, 0.15) is 33.5 Å². The predicted octanol–water partition coefficient (Wildman–Crippen LogP) is 1.88. The van der Waals surface area contributed by atoms with Crippen molar-refractivity contribution in [2.75, 3.05) is 13.6 Å². The topological polar surface area (TPSA) is 75.2 Å². The smallest absolute Gasteiger partial charge is 0.283 e. The van der Waals surface area contributed by atoms with Gasteiger partial charge in [-0.05, 0) is 13.8 Å². The zero-order valence-corrected chi connectivity index (χ0v) is 13.6. The van der Waals surface area contributed by atoms with Crippen molar-refractivity contribution in [1.82, 2.24) is 20.2 Å². The SMILES string of the molecule is CN(C(=O)c1nccs1)C(C)(C)CNC(=O)c1nccs1. The molecular formula is C13H16N4O2S2. The number of nitrogens with one attached hydrogen (secondary N) is 1. The number of likely N-dealkylation sites (N-methyl/N-ethyl adjacent to an activating group) is 1. The van der Waals surface area contributed by atoms with Crippen LogP contribution in [0.15, 0.2) is 23.2 Å². The average molecular weight is 324 g/mol. The minimum Gasteiger partial charge on any atom is -0.348 e. The maximum Gasteiger partial charge on any atom is 0.283 e. The monoisotopic (exact) mass is 324 g/mol. The Morgan fingerprint density at radius 2 is 1.76 bits per heavy atom. The molecule has 2 aromatic heterocycles.